The topological polar surface area (TPSA) is 81.8 Å². The quantitative estimate of drug-likeness (QED) is 0.810. The van der Waals surface area contributed by atoms with Crippen LogP contribution in [0.1, 0.15) is 26.7 Å². The Bertz CT molecular complexity index is 380. The average Bonchev–Trinajstić information content (AvgIpc) is 3.05. The predicted octanol–water partition coefficient (Wildman–Crippen LogP) is 1.19. The Hall–Kier alpha value is -1.49. The van der Waals surface area contributed by atoms with Gasteiger partial charge in [0.15, 0.2) is 6.61 Å². The van der Waals surface area contributed by atoms with E-state index in [0.717, 1.165) is 12.8 Å². The van der Waals surface area contributed by atoms with Crippen molar-refractivity contribution in [1.82, 2.24) is 0 Å². The Balaban J connectivity index is 0.000000492. The van der Waals surface area contributed by atoms with Gasteiger partial charge in [0.1, 0.15) is 5.54 Å². The van der Waals surface area contributed by atoms with Gasteiger partial charge in [-0.2, -0.15) is 9.59 Å². The summed E-state index contributed by atoms with van der Waals surface area (Å²) in [5.74, 6) is -2.61. The molecule has 1 aliphatic carbocycles. The van der Waals surface area contributed by atoms with E-state index in [0.29, 0.717) is 5.92 Å². The Morgan fingerprint density at radius 2 is 2.11 bits per heavy atom. The van der Waals surface area contributed by atoms with Crippen LogP contribution >= 0.6 is 0 Å². The summed E-state index contributed by atoms with van der Waals surface area (Å²) in [6, 6.07) is -0.106. The van der Waals surface area contributed by atoms with Crippen LogP contribution in [0, 0.1) is 11.8 Å². The number of hydrogen-bond donors (Lipinski definition) is 1. The van der Waals surface area contributed by atoms with Gasteiger partial charge in [-0.1, -0.05) is 13.3 Å². The number of amidine groups is 1. The van der Waals surface area contributed by atoms with Gasteiger partial charge >= 0.3 is 12.1 Å². The van der Waals surface area contributed by atoms with E-state index in [9.17, 15) is 8.78 Å². The normalized spacial score (nSPS) is 36.3. The summed E-state index contributed by atoms with van der Waals surface area (Å²) in [7, 11) is 0. The second kappa shape index (κ2) is 5.02. The Kier molecular flexibility index (Phi) is 4.06. The maximum atomic E-state index is 13.7. The zero-order valence-electron chi connectivity index (χ0n) is 10.3. The Labute approximate surface area is 103 Å². The monoisotopic (exact) mass is 262 g/mol. The van der Waals surface area contributed by atoms with E-state index in [-0.39, 0.29) is 18.1 Å². The fourth-order valence-electron chi connectivity index (χ4n) is 2.40. The highest BCUT2D eigenvalue weighted by molar-refractivity contribution is 5.73. The second-order valence-electron chi connectivity index (χ2n) is 4.68. The zero-order valence-corrected chi connectivity index (χ0v) is 10.3. The molecular weight excluding hydrogens is 246 g/mol. The first-order valence-corrected chi connectivity index (χ1v) is 5.67. The Morgan fingerprint density at radius 1 is 1.56 bits per heavy atom. The number of aliphatic imine (C=N–C) groups is 1. The first-order valence-electron chi connectivity index (χ1n) is 5.67. The average molecular weight is 262 g/mol. The number of nitrogens with two attached hydrogens (primary N) is 1. The number of hydrogen-bond acceptors (Lipinski definition) is 5. The molecule has 0 unspecified atom stereocenters. The molecule has 18 heavy (non-hydrogen) atoms. The minimum atomic E-state index is -2.91. The molecule has 1 heterocycles. The molecule has 0 aromatic heterocycles. The van der Waals surface area contributed by atoms with Crippen LogP contribution in [0.3, 0.4) is 0 Å². The standard InChI is InChI=1S/C10H16F2N2O.CO2/c1-3-6-4-7(6)9(2)10(11,12)5-15-8(13)14-9;2-1-3/h6-7H,3-5H2,1-2H3,(H2,13,14);/t6-,7-,9+;/m0./s1. The van der Waals surface area contributed by atoms with Crippen molar-refractivity contribution in [2.45, 2.75) is 38.2 Å². The Morgan fingerprint density at radius 3 is 2.56 bits per heavy atom. The van der Waals surface area contributed by atoms with Crippen LogP contribution in [0.5, 0.6) is 0 Å². The molecule has 0 aromatic carbocycles. The van der Waals surface area contributed by atoms with Crippen LogP contribution in [0.2, 0.25) is 0 Å². The van der Waals surface area contributed by atoms with Crippen molar-refractivity contribution < 1.29 is 23.1 Å². The molecule has 0 radical (unpaired) electrons. The van der Waals surface area contributed by atoms with E-state index >= 15 is 0 Å². The third-order valence-electron chi connectivity index (χ3n) is 3.65. The molecule has 1 fully saturated rings. The molecule has 1 aliphatic heterocycles. The fourth-order valence-corrected chi connectivity index (χ4v) is 2.40. The van der Waals surface area contributed by atoms with Crippen LogP contribution < -0.4 is 5.73 Å². The third-order valence-corrected chi connectivity index (χ3v) is 3.65. The molecule has 5 nitrogen and oxygen atoms in total. The summed E-state index contributed by atoms with van der Waals surface area (Å²) in [6.07, 6.45) is 1.99. The minimum Gasteiger partial charge on any atom is -0.459 e. The molecule has 1 saturated carbocycles. The maximum Gasteiger partial charge on any atom is 0.373 e. The summed E-state index contributed by atoms with van der Waals surface area (Å²) in [5.41, 5.74) is 4.01. The first kappa shape index (κ1) is 14.6. The van der Waals surface area contributed by atoms with Crippen molar-refractivity contribution >= 4 is 12.2 Å². The largest absolute Gasteiger partial charge is 0.459 e. The fraction of sp³-hybridized carbons (Fsp3) is 0.818. The number of rotatable bonds is 2. The van der Waals surface area contributed by atoms with Gasteiger partial charge in [-0.05, 0) is 25.2 Å². The zero-order chi connectivity index (χ0) is 14.0. The van der Waals surface area contributed by atoms with Crippen molar-refractivity contribution in [3.8, 4) is 0 Å². The highest BCUT2D eigenvalue weighted by Crippen LogP contribution is 2.56. The van der Waals surface area contributed by atoms with Crippen LogP contribution in [-0.4, -0.2) is 30.2 Å². The van der Waals surface area contributed by atoms with Crippen molar-refractivity contribution in [3.63, 3.8) is 0 Å². The van der Waals surface area contributed by atoms with E-state index in [2.05, 4.69) is 9.73 Å². The number of alkyl halides is 2. The molecule has 7 heteroatoms. The van der Waals surface area contributed by atoms with Gasteiger partial charge in [-0.15, -0.1) is 0 Å². The van der Waals surface area contributed by atoms with Gasteiger partial charge in [-0.3, -0.25) is 0 Å². The SMILES string of the molecule is CC[C@H]1C[C@@H]1[C@@]1(C)N=C(N)OCC1(F)F.O=C=O. The summed E-state index contributed by atoms with van der Waals surface area (Å²) < 4.78 is 32.1. The predicted molar refractivity (Wildman–Crippen MR) is 57.8 cm³/mol. The van der Waals surface area contributed by atoms with Crippen molar-refractivity contribution in [1.29, 1.82) is 0 Å². The van der Waals surface area contributed by atoms with Crippen LogP contribution in [0.4, 0.5) is 8.78 Å². The van der Waals surface area contributed by atoms with E-state index in [1.165, 1.54) is 6.92 Å². The number of nitrogens with zero attached hydrogens (tertiary/aromatic N) is 1. The molecule has 0 aromatic rings. The summed E-state index contributed by atoms with van der Waals surface area (Å²) >= 11 is 0. The van der Waals surface area contributed by atoms with Crippen LogP contribution in [0.25, 0.3) is 0 Å². The molecular formula is C11H16F2N2O3. The van der Waals surface area contributed by atoms with Gasteiger partial charge in [-0.25, -0.2) is 13.8 Å². The second-order valence-corrected chi connectivity index (χ2v) is 4.68. The summed E-state index contributed by atoms with van der Waals surface area (Å²) in [4.78, 5) is 20.1. The van der Waals surface area contributed by atoms with Gasteiger partial charge in [0.25, 0.3) is 6.02 Å². The lowest BCUT2D eigenvalue weighted by atomic mass is 9.87. The molecule has 0 bridgehead atoms. The van der Waals surface area contributed by atoms with Crippen molar-refractivity contribution in [2.24, 2.45) is 22.6 Å². The molecule has 2 rings (SSSR count). The highest BCUT2D eigenvalue weighted by Gasteiger charge is 2.64. The molecule has 3 atom stereocenters. The van der Waals surface area contributed by atoms with Gasteiger partial charge < -0.3 is 10.5 Å². The smallest absolute Gasteiger partial charge is 0.373 e. The summed E-state index contributed by atoms with van der Waals surface area (Å²) in [5, 5.41) is 0. The van der Waals surface area contributed by atoms with Crippen LogP contribution in [-0.2, 0) is 14.3 Å². The summed E-state index contributed by atoms with van der Waals surface area (Å²) in [6.45, 7) is 2.85. The molecule has 0 spiro atoms. The molecule has 102 valence electrons. The number of carbonyl (C=O) groups excluding carboxylic acids is 2. The van der Waals surface area contributed by atoms with Gasteiger partial charge in [0.05, 0.1) is 0 Å². The van der Waals surface area contributed by atoms with Gasteiger partial charge in [0.2, 0.25) is 0 Å². The van der Waals surface area contributed by atoms with E-state index in [1.54, 1.807) is 0 Å². The van der Waals surface area contributed by atoms with Gasteiger partial charge in [0, 0.05) is 0 Å². The molecule has 2 N–H and O–H groups in total. The molecule has 0 amide bonds. The number of halogens is 2. The van der Waals surface area contributed by atoms with E-state index in [4.69, 9.17) is 15.3 Å². The molecule has 0 saturated heterocycles. The lowest BCUT2D eigenvalue weighted by Crippen LogP contribution is -2.54. The maximum absolute atomic E-state index is 13.7. The highest BCUT2D eigenvalue weighted by atomic mass is 19.3. The first-order chi connectivity index (χ1) is 8.32. The number of ether oxygens (including phenoxy) is 1. The third kappa shape index (κ3) is 2.51. The minimum absolute atomic E-state index is 0.0556. The van der Waals surface area contributed by atoms with Crippen LogP contribution in [0.15, 0.2) is 4.99 Å². The molecule has 2 aliphatic rings. The van der Waals surface area contributed by atoms with Crippen molar-refractivity contribution in [2.75, 3.05) is 6.61 Å². The lowest BCUT2D eigenvalue weighted by Gasteiger charge is -2.37. The van der Waals surface area contributed by atoms with E-state index < -0.39 is 18.1 Å². The van der Waals surface area contributed by atoms with Crippen molar-refractivity contribution in [3.05, 3.63) is 0 Å². The lowest BCUT2D eigenvalue weighted by molar-refractivity contribution is -0.191. The van der Waals surface area contributed by atoms with E-state index in [1.807, 2.05) is 6.92 Å².